The van der Waals surface area contributed by atoms with Gasteiger partial charge in [0.1, 0.15) is 0 Å². The fraction of sp³-hybridized carbons (Fsp3) is 1.00. The van der Waals surface area contributed by atoms with Crippen LogP contribution in [0.2, 0.25) is 0 Å². The minimum atomic E-state index is 0.303. The smallest absolute Gasteiger partial charge is 0.0693 e. The van der Waals surface area contributed by atoms with Crippen molar-refractivity contribution in [2.45, 2.75) is 45.3 Å². The molecule has 1 aliphatic rings. The summed E-state index contributed by atoms with van der Waals surface area (Å²) >= 11 is 0. The van der Waals surface area contributed by atoms with Gasteiger partial charge in [-0.1, -0.05) is 0 Å². The summed E-state index contributed by atoms with van der Waals surface area (Å²) in [6.45, 7) is 9.27. The molecule has 0 aromatic carbocycles. The van der Waals surface area contributed by atoms with Gasteiger partial charge in [0.25, 0.3) is 0 Å². The fourth-order valence-electron chi connectivity index (χ4n) is 2.01. The summed E-state index contributed by atoms with van der Waals surface area (Å²) in [5.74, 6) is 0. The van der Waals surface area contributed by atoms with Gasteiger partial charge < -0.3 is 15.0 Å². The van der Waals surface area contributed by atoms with Gasteiger partial charge in [0.05, 0.1) is 6.10 Å². The first-order valence-electron chi connectivity index (χ1n) is 6.22. The third kappa shape index (κ3) is 4.96. The molecule has 3 heteroatoms. The highest BCUT2D eigenvalue weighted by molar-refractivity contribution is 4.70. The number of methoxy groups -OCH3 is 1. The number of ether oxygens (including phenoxy) is 1. The maximum absolute atomic E-state index is 5.27. The van der Waals surface area contributed by atoms with Gasteiger partial charge in [0.2, 0.25) is 0 Å². The Morgan fingerprint density at radius 3 is 2.53 bits per heavy atom. The molecule has 2 unspecified atom stereocenters. The van der Waals surface area contributed by atoms with Crippen molar-refractivity contribution >= 4 is 0 Å². The van der Waals surface area contributed by atoms with Gasteiger partial charge >= 0.3 is 0 Å². The van der Waals surface area contributed by atoms with Gasteiger partial charge in [-0.2, -0.15) is 0 Å². The van der Waals surface area contributed by atoms with Crippen molar-refractivity contribution in [2.24, 2.45) is 0 Å². The average molecular weight is 214 g/mol. The summed E-state index contributed by atoms with van der Waals surface area (Å²) in [4.78, 5) is 2.56. The maximum atomic E-state index is 5.27. The highest BCUT2D eigenvalue weighted by atomic mass is 16.5. The minimum Gasteiger partial charge on any atom is -0.380 e. The molecule has 90 valence electrons. The summed E-state index contributed by atoms with van der Waals surface area (Å²) in [5, 5.41) is 3.51. The van der Waals surface area contributed by atoms with Gasteiger partial charge in [-0.3, -0.25) is 0 Å². The van der Waals surface area contributed by atoms with E-state index >= 15 is 0 Å². The number of rotatable bonds is 7. The lowest BCUT2D eigenvalue weighted by atomic mass is 10.2. The van der Waals surface area contributed by atoms with Gasteiger partial charge in [-0.25, -0.2) is 0 Å². The van der Waals surface area contributed by atoms with Crippen LogP contribution in [0.15, 0.2) is 0 Å². The second kappa shape index (κ2) is 7.20. The second-order valence-electron chi connectivity index (χ2n) is 4.59. The minimum absolute atomic E-state index is 0.303. The normalized spacial score (nSPS) is 21.8. The van der Waals surface area contributed by atoms with Crippen LogP contribution in [0.1, 0.15) is 33.1 Å². The summed E-state index contributed by atoms with van der Waals surface area (Å²) in [6.07, 6.45) is 4.34. The Balaban J connectivity index is 1.96. The van der Waals surface area contributed by atoms with Crippen LogP contribution in [0.4, 0.5) is 0 Å². The Hall–Kier alpha value is -0.120. The van der Waals surface area contributed by atoms with E-state index in [2.05, 4.69) is 24.1 Å². The predicted octanol–water partition coefficient (Wildman–Crippen LogP) is 1.49. The Morgan fingerprint density at radius 2 is 1.93 bits per heavy atom. The van der Waals surface area contributed by atoms with E-state index < -0.39 is 0 Å². The summed E-state index contributed by atoms with van der Waals surface area (Å²) < 4.78 is 5.27. The zero-order valence-corrected chi connectivity index (χ0v) is 10.5. The van der Waals surface area contributed by atoms with Crippen molar-refractivity contribution in [3.8, 4) is 0 Å². The molecule has 0 saturated carbocycles. The molecule has 0 bridgehead atoms. The predicted molar refractivity (Wildman–Crippen MR) is 64.2 cm³/mol. The highest BCUT2D eigenvalue weighted by Gasteiger charge is 2.12. The highest BCUT2D eigenvalue weighted by Crippen LogP contribution is 2.07. The monoisotopic (exact) mass is 214 g/mol. The quantitative estimate of drug-likeness (QED) is 0.650. The van der Waals surface area contributed by atoms with E-state index in [1.807, 2.05) is 0 Å². The third-order valence-corrected chi connectivity index (χ3v) is 3.39. The van der Waals surface area contributed by atoms with Gasteiger partial charge in [-0.15, -0.1) is 0 Å². The van der Waals surface area contributed by atoms with Crippen LogP contribution in [0.25, 0.3) is 0 Å². The largest absolute Gasteiger partial charge is 0.380 e. The van der Waals surface area contributed by atoms with Crippen molar-refractivity contribution < 1.29 is 4.74 Å². The second-order valence-corrected chi connectivity index (χ2v) is 4.59. The molecular weight excluding hydrogens is 188 g/mol. The first-order chi connectivity index (χ1) is 7.24. The van der Waals surface area contributed by atoms with Crippen molar-refractivity contribution in [1.29, 1.82) is 0 Å². The number of hydrogen-bond acceptors (Lipinski definition) is 3. The van der Waals surface area contributed by atoms with E-state index in [1.54, 1.807) is 7.11 Å². The standard InChI is InChI=1S/C12H26N2O/c1-11(12(2)15-3)13-7-6-10-14-8-4-5-9-14/h11-13H,4-10H2,1-3H3. The molecule has 0 amide bonds. The third-order valence-electron chi connectivity index (χ3n) is 3.39. The topological polar surface area (TPSA) is 24.5 Å². The Morgan fingerprint density at radius 1 is 1.27 bits per heavy atom. The van der Waals surface area contributed by atoms with Crippen LogP contribution in [-0.4, -0.2) is 50.3 Å². The lowest BCUT2D eigenvalue weighted by Gasteiger charge is -2.21. The molecule has 1 rings (SSSR count). The number of nitrogens with zero attached hydrogens (tertiary/aromatic N) is 1. The number of nitrogens with one attached hydrogen (secondary N) is 1. The van der Waals surface area contributed by atoms with Gasteiger partial charge in [0.15, 0.2) is 0 Å². The zero-order valence-electron chi connectivity index (χ0n) is 10.5. The zero-order chi connectivity index (χ0) is 11.1. The molecule has 0 aromatic rings. The van der Waals surface area contributed by atoms with Crippen LogP contribution in [0, 0.1) is 0 Å². The molecule has 0 aromatic heterocycles. The molecular formula is C12H26N2O. The molecule has 1 saturated heterocycles. The molecule has 0 spiro atoms. The first-order valence-corrected chi connectivity index (χ1v) is 6.22. The van der Waals surface area contributed by atoms with E-state index in [9.17, 15) is 0 Å². The Labute approximate surface area is 94.2 Å². The molecule has 1 fully saturated rings. The molecule has 3 nitrogen and oxygen atoms in total. The van der Waals surface area contributed by atoms with Crippen LogP contribution in [0.3, 0.4) is 0 Å². The van der Waals surface area contributed by atoms with Crippen molar-refractivity contribution in [1.82, 2.24) is 10.2 Å². The SMILES string of the molecule is COC(C)C(C)NCCCN1CCCC1. The molecule has 1 heterocycles. The van der Waals surface area contributed by atoms with E-state index in [1.165, 1.54) is 38.9 Å². The fourth-order valence-corrected chi connectivity index (χ4v) is 2.01. The van der Waals surface area contributed by atoms with E-state index in [4.69, 9.17) is 4.74 Å². The summed E-state index contributed by atoms with van der Waals surface area (Å²) in [7, 11) is 1.77. The van der Waals surface area contributed by atoms with E-state index in [-0.39, 0.29) is 0 Å². The van der Waals surface area contributed by atoms with Crippen molar-refractivity contribution in [2.75, 3.05) is 33.3 Å². The summed E-state index contributed by atoms with van der Waals surface area (Å²) in [6, 6.07) is 0.452. The molecule has 15 heavy (non-hydrogen) atoms. The molecule has 1 aliphatic heterocycles. The van der Waals surface area contributed by atoms with E-state index in [0.717, 1.165) is 6.54 Å². The van der Waals surface area contributed by atoms with Crippen molar-refractivity contribution in [3.63, 3.8) is 0 Å². The Bertz CT molecular complexity index is 158. The lowest BCUT2D eigenvalue weighted by Crippen LogP contribution is -2.38. The Kier molecular flexibility index (Phi) is 6.22. The van der Waals surface area contributed by atoms with Crippen LogP contribution >= 0.6 is 0 Å². The van der Waals surface area contributed by atoms with Crippen LogP contribution in [0.5, 0.6) is 0 Å². The van der Waals surface area contributed by atoms with Gasteiger partial charge in [0, 0.05) is 13.2 Å². The number of hydrogen-bond donors (Lipinski definition) is 1. The molecule has 0 radical (unpaired) electrons. The first kappa shape index (κ1) is 12.9. The maximum Gasteiger partial charge on any atom is 0.0693 e. The average Bonchev–Trinajstić information content (AvgIpc) is 2.75. The van der Waals surface area contributed by atoms with Crippen LogP contribution in [-0.2, 0) is 4.74 Å². The lowest BCUT2D eigenvalue weighted by molar-refractivity contribution is 0.0885. The summed E-state index contributed by atoms with van der Waals surface area (Å²) in [5.41, 5.74) is 0. The molecule has 0 aliphatic carbocycles. The van der Waals surface area contributed by atoms with Gasteiger partial charge in [-0.05, 0) is 59.3 Å². The van der Waals surface area contributed by atoms with E-state index in [0.29, 0.717) is 12.1 Å². The number of likely N-dealkylation sites (tertiary alicyclic amines) is 1. The van der Waals surface area contributed by atoms with Crippen LogP contribution < -0.4 is 5.32 Å². The molecule has 2 atom stereocenters. The van der Waals surface area contributed by atoms with Crippen molar-refractivity contribution in [3.05, 3.63) is 0 Å². The molecule has 1 N–H and O–H groups in total.